The van der Waals surface area contributed by atoms with E-state index in [1.165, 1.54) is 12.1 Å². The van der Waals surface area contributed by atoms with Gasteiger partial charge in [0, 0.05) is 5.56 Å². The van der Waals surface area contributed by atoms with Gasteiger partial charge in [-0.2, -0.15) is 13.2 Å². The molecule has 0 bridgehead atoms. The van der Waals surface area contributed by atoms with Gasteiger partial charge in [-0.05, 0) is 43.7 Å². The van der Waals surface area contributed by atoms with Crippen molar-refractivity contribution in [3.05, 3.63) is 70.2 Å². The van der Waals surface area contributed by atoms with Crippen molar-refractivity contribution in [3.8, 4) is 16.3 Å². The minimum atomic E-state index is -4.40. The van der Waals surface area contributed by atoms with E-state index in [9.17, 15) is 23.1 Å². The Bertz CT molecular complexity index is 997. The highest BCUT2D eigenvalue weighted by Crippen LogP contribution is 2.33. The highest BCUT2D eigenvalue weighted by atomic mass is 32.1. The molecule has 1 aromatic heterocycles. The van der Waals surface area contributed by atoms with Crippen LogP contribution in [0.15, 0.2) is 48.5 Å². The smallest absolute Gasteiger partial charge is 0.416 e. The summed E-state index contributed by atoms with van der Waals surface area (Å²) in [4.78, 5) is 17.3. The maximum absolute atomic E-state index is 12.7. The number of hydrogen-bond donors (Lipinski definition) is 2. The number of phenolic OH excluding ortho intramolecular Hbond substituents is 1. The number of alkyl halides is 3. The summed E-state index contributed by atoms with van der Waals surface area (Å²) in [7, 11) is 0. The summed E-state index contributed by atoms with van der Waals surface area (Å²) >= 11 is 1.12. The Morgan fingerprint density at radius 2 is 1.86 bits per heavy atom. The predicted octanol–water partition coefficient (Wildman–Crippen LogP) is 5.33. The first kappa shape index (κ1) is 19.9. The number of thiazole rings is 1. The van der Waals surface area contributed by atoms with E-state index in [0.29, 0.717) is 21.1 Å². The number of aromatic hydroxyl groups is 1. The molecular formula is C20H17F3N2O2S. The lowest BCUT2D eigenvalue weighted by Crippen LogP contribution is -2.26. The first-order valence-electron chi connectivity index (χ1n) is 8.40. The van der Waals surface area contributed by atoms with E-state index in [1.54, 1.807) is 38.1 Å². The van der Waals surface area contributed by atoms with Crippen LogP contribution in [0.4, 0.5) is 13.2 Å². The van der Waals surface area contributed by atoms with E-state index < -0.39 is 11.7 Å². The third kappa shape index (κ3) is 4.33. The van der Waals surface area contributed by atoms with Crippen LogP contribution in [-0.2, 0) is 6.18 Å². The Morgan fingerprint density at radius 1 is 1.18 bits per heavy atom. The third-order valence-electron chi connectivity index (χ3n) is 4.18. The largest absolute Gasteiger partial charge is 0.508 e. The van der Waals surface area contributed by atoms with Crippen LogP contribution in [0.2, 0.25) is 0 Å². The molecule has 0 saturated carbocycles. The SMILES string of the molecule is Cc1nc(-c2ccc(C(F)(F)F)cc2)sc1C(=O)NC(C)c1cccc(O)c1. The molecule has 28 heavy (non-hydrogen) atoms. The van der Waals surface area contributed by atoms with Crippen molar-refractivity contribution in [3.63, 3.8) is 0 Å². The van der Waals surface area contributed by atoms with Crippen LogP contribution in [0, 0.1) is 6.92 Å². The fraction of sp³-hybridized carbons (Fsp3) is 0.200. The van der Waals surface area contributed by atoms with Crippen molar-refractivity contribution in [2.24, 2.45) is 0 Å². The van der Waals surface area contributed by atoms with Gasteiger partial charge >= 0.3 is 6.18 Å². The molecule has 0 aliphatic heterocycles. The van der Waals surface area contributed by atoms with Crippen LogP contribution in [0.1, 0.15) is 39.5 Å². The van der Waals surface area contributed by atoms with Crippen LogP contribution in [0.25, 0.3) is 10.6 Å². The number of halogens is 3. The standard InChI is InChI=1S/C20H17F3N2O2S/c1-11(14-4-3-5-16(26)10-14)24-18(27)17-12(2)25-19(28-17)13-6-8-15(9-7-13)20(21,22)23/h3-11,26H,1-2H3,(H,24,27). The van der Waals surface area contributed by atoms with Gasteiger partial charge < -0.3 is 10.4 Å². The summed E-state index contributed by atoms with van der Waals surface area (Å²) in [6, 6.07) is 10.9. The van der Waals surface area contributed by atoms with E-state index in [-0.39, 0.29) is 17.7 Å². The highest BCUT2D eigenvalue weighted by molar-refractivity contribution is 7.17. The minimum Gasteiger partial charge on any atom is -0.508 e. The number of rotatable bonds is 4. The average Bonchev–Trinajstić information content (AvgIpc) is 3.03. The number of benzene rings is 2. The Hall–Kier alpha value is -2.87. The normalized spacial score (nSPS) is 12.6. The topological polar surface area (TPSA) is 62.2 Å². The molecule has 0 spiro atoms. The van der Waals surface area contributed by atoms with Crippen molar-refractivity contribution in [1.29, 1.82) is 0 Å². The number of aryl methyl sites for hydroxylation is 1. The quantitative estimate of drug-likeness (QED) is 0.615. The second-order valence-corrected chi connectivity index (χ2v) is 7.30. The molecule has 3 aromatic rings. The van der Waals surface area contributed by atoms with Gasteiger partial charge in [-0.3, -0.25) is 4.79 Å². The summed E-state index contributed by atoms with van der Waals surface area (Å²) < 4.78 is 38.1. The second-order valence-electron chi connectivity index (χ2n) is 6.30. The summed E-state index contributed by atoms with van der Waals surface area (Å²) in [5.41, 5.74) is 1.03. The molecule has 3 rings (SSSR count). The van der Waals surface area contributed by atoms with Crippen LogP contribution < -0.4 is 5.32 Å². The molecule has 1 unspecified atom stereocenters. The van der Waals surface area contributed by atoms with E-state index in [4.69, 9.17) is 0 Å². The number of carbonyl (C=O) groups excluding carboxylic acids is 1. The van der Waals surface area contributed by atoms with Gasteiger partial charge in [0.05, 0.1) is 17.3 Å². The number of hydrogen-bond acceptors (Lipinski definition) is 4. The highest BCUT2D eigenvalue weighted by Gasteiger charge is 2.30. The van der Waals surface area contributed by atoms with Crippen molar-refractivity contribution >= 4 is 17.2 Å². The summed E-state index contributed by atoms with van der Waals surface area (Å²) in [6.07, 6.45) is -4.40. The van der Waals surface area contributed by atoms with Gasteiger partial charge in [0.25, 0.3) is 5.91 Å². The molecule has 1 atom stereocenters. The van der Waals surface area contributed by atoms with Gasteiger partial charge in [0.15, 0.2) is 0 Å². The molecular weight excluding hydrogens is 389 g/mol. The van der Waals surface area contributed by atoms with Crippen molar-refractivity contribution < 1.29 is 23.1 Å². The van der Waals surface area contributed by atoms with Crippen LogP contribution >= 0.6 is 11.3 Å². The first-order chi connectivity index (χ1) is 13.1. The molecule has 2 aromatic carbocycles. The second kappa shape index (κ2) is 7.63. The van der Waals surface area contributed by atoms with Crippen molar-refractivity contribution in [2.75, 3.05) is 0 Å². The number of phenols is 1. The molecule has 1 amide bonds. The molecule has 0 radical (unpaired) electrons. The molecule has 8 heteroatoms. The summed E-state index contributed by atoms with van der Waals surface area (Å²) in [6.45, 7) is 3.47. The lowest BCUT2D eigenvalue weighted by atomic mass is 10.1. The Balaban J connectivity index is 1.79. The maximum atomic E-state index is 12.7. The van der Waals surface area contributed by atoms with E-state index >= 15 is 0 Å². The fourth-order valence-electron chi connectivity index (χ4n) is 2.67. The van der Waals surface area contributed by atoms with Crippen LogP contribution in [0.5, 0.6) is 5.75 Å². The van der Waals surface area contributed by atoms with E-state index in [2.05, 4.69) is 10.3 Å². The van der Waals surface area contributed by atoms with Gasteiger partial charge in [-0.25, -0.2) is 4.98 Å². The number of nitrogens with zero attached hydrogens (tertiary/aromatic N) is 1. The predicted molar refractivity (Wildman–Crippen MR) is 101 cm³/mol. The van der Waals surface area contributed by atoms with Crippen LogP contribution in [0.3, 0.4) is 0 Å². The lowest BCUT2D eigenvalue weighted by molar-refractivity contribution is -0.137. The Morgan fingerprint density at radius 3 is 2.46 bits per heavy atom. The summed E-state index contributed by atoms with van der Waals surface area (Å²) in [5, 5.41) is 12.9. The van der Waals surface area contributed by atoms with Crippen LogP contribution in [-0.4, -0.2) is 16.0 Å². The lowest BCUT2D eigenvalue weighted by Gasteiger charge is -2.14. The first-order valence-corrected chi connectivity index (χ1v) is 9.21. The molecule has 4 nitrogen and oxygen atoms in total. The molecule has 2 N–H and O–H groups in total. The third-order valence-corrected chi connectivity index (χ3v) is 5.39. The van der Waals surface area contributed by atoms with Crippen molar-refractivity contribution in [1.82, 2.24) is 10.3 Å². The van der Waals surface area contributed by atoms with Gasteiger partial charge in [0.1, 0.15) is 15.6 Å². The zero-order valence-electron chi connectivity index (χ0n) is 15.0. The van der Waals surface area contributed by atoms with E-state index in [0.717, 1.165) is 29.0 Å². The number of aromatic nitrogens is 1. The number of amides is 1. The van der Waals surface area contributed by atoms with Gasteiger partial charge in [-0.1, -0.05) is 24.3 Å². The zero-order valence-corrected chi connectivity index (χ0v) is 15.9. The number of carbonyl (C=O) groups is 1. The van der Waals surface area contributed by atoms with Crippen molar-refractivity contribution in [2.45, 2.75) is 26.1 Å². The molecule has 0 saturated heterocycles. The summed E-state index contributed by atoms with van der Waals surface area (Å²) in [5.74, 6) is -0.221. The average molecular weight is 406 g/mol. The Labute approximate surface area is 163 Å². The Kier molecular flexibility index (Phi) is 5.42. The fourth-order valence-corrected chi connectivity index (χ4v) is 3.65. The van der Waals surface area contributed by atoms with E-state index in [1.807, 2.05) is 0 Å². The van der Waals surface area contributed by atoms with Gasteiger partial charge in [-0.15, -0.1) is 11.3 Å². The zero-order chi connectivity index (χ0) is 20.5. The molecule has 0 fully saturated rings. The number of nitrogens with one attached hydrogen (secondary N) is 1. The molecule has 146 valence electrons. The maximum Gasteiger partial charge on any atom is 0.416 e. The monoisotopic (exact) mass is 406 g/mol. The van der Waals surface area contributed by atoms with Gasteiger partial charge in [0.2, 0.25) is 0 Å². The molecule has 1 heterocycles. The minimum absolute atomic E-state index is 0.108. The molecule has 0 aliphatic carbocycles. The molecule has 0 aliphatic rings.